The van der Waals surface area contributed by atoms with Gasteiger partial charge in [0.1, 0.15) is 5.82 Å². The Balaban J connectivity index is 1.80. The smallest absolute Gasteiger partial charge is 0.234 e. The summed E-state index contributed by atoms with van der Waals surface area (Å²) in [4.78, 5) is 29.7. The third-order valence-electron chi connectivity index (χ3n) is 3.85. The van der Waals surface area contributed by atoms with E-state index in [0.717, 1.165) is 37.6 Å². The van der Waals surface area contributed by atoms with Crippen LogP contribution in [0.25, 0.3) is 0 Å². The van der Waals surface area contributed by atoms with E-state index in [2.05, 4.69) is 20.5 Å². The Morgan fingerprint density at radius 1 is 1.25 bits per heavy atom. The number of imide groups is 1. The lowest BCUT2D eigenvalue weighted by Crippen LogP contribution is -2.44. The number of piperazine rings is 1. The van der Waals surface area contributed by atoms with Crippen LogP contribution in [0.15, 0.2) is 18.3 Å². The van der Waals surface area contributed by atoms with E-state index < -0.39 is 0 Å². The molecule has 1 unspecified atom stereocenters. The number of hydrogen-bond acceptors (Lipinski definition) is 5. The Bertz CT molecular complexity index is 526. The van der Waals surface area contributed by atoms with E-state index in [1.165, 1.54) is 0 Å². The van der Waals surface area contributed by atoms with Crippen molar-refractivity contribution in [2.45, 2.75) is 18.8 Å². The van der Waals surface area contributed by atoms with Crippen LogP contribution in [0, 0.1) is 0 Å². The lowest BCUT2D eigenvalue weighted by molar-refractivity contribution is -0.134. The Labute approximate surface area is 117 Å². The van der Waals surface area contributed by atoms with Gasteiger partial charge in [0.2, 0.25) is 11.8 Å². The van der Waals surface area contributed by atoms with Crippen LogP contribution in [-0.2, 0) is 9.59 Å². The molecule has 106 valence electrons. The van der Waals surface area contributed by atoms with Crippen molar-refractivity contribution >= 4 is 17.6 Å². The first-order valence-electron chi connectivity index (χ1n) is 6.99. The molecule has 2 aliphatic heterocycles. The van der Waals surface area contributed by atoms with E-state index in [1.807, 2.05) is 12.1 Å². The van der Waals surface area contributed by atoms with Gasteiger partial charge >= 0.3 is 0 Å². The van der Waals surface area contributed by atoms with E-state index >= 15 is 0 Å². The summed E-state index contributed by atoms with van der Waals surface area (Å²) in [5.74, 6) is 0.299. The van der Waals surface area contributed by atoms with Gasteiger partial charge in [-0.2, -0.15) is 0 Å². The fraction of sp³-hybridized carbons (Fsp3) is 0.500. The van der Waals surface area contributed by atoms with Crippen molar-refractivity contribution in [3.63, 3.8) is 0 Å². The lowest BCUT2D eigenvalue weighted by atomic mass is 9.91. The van der Waals surface area contributed by atoms with Gasteiger partial charge in [-0.05, 0) is 24.1 Å². The van der Waals surface area contributed by atoms with Crippen molar-refractivity contribution in [2.24, 2.45) is 0 Å². The summed E-state index contributed by atoms with van der Waals surface area (Å²) in [5.41, 5.74) is 0.943. The average molecular weight is 274 g/mol. The first kappa shape index (κ1) is 13.1. The van der Waals surface area contributed by atoms with Crippen LogP contribution in [0.2, 0.25) is 0 Å². The van der Waals surface area contributed by atoms with E-state index in [-0.39, 0.29) is 17.7 Å². The quantitative estimate of drug-likeness (QED) is 0.743. The number of hydrogen-bond donors (Lipinski definition) is 2. The monoisotopic (exact) mass is 274 g/mol. The zero-order valence-corrected chi connectivity index (χ0v) is 11.3. The molecule has 2 fully saturated rings. The Hall–Kier alpha value is -1.95. The molecule has 6 heteroatoms. The number of aromatic nitrogens is 1. The fourth-order valence-corrected chi connectivity index (χ4v) is 2.73. The van der Waals surface area contributed by atoms with Gasteiger partial charge in [-0.1, -0.05) is 0 Å². The highest BCUT2D eigenvalue weighted by molar-refractivity contribution is 6.00. The highest BCUT2D eigenvalue weighted by atomic mass is 16.2. The maximum absolute atomic E-state index is 11.9. The maximum Gasteiger partial charge on any atom is 0.234 e. The molecule has 3 heterocycles. The average Bonchev–Trinajstić information content (AvgIpc) is 2.48. The number of carbonyl (C=O) groups is 2. The van der Waals surface area contributed by atoms with Gasteiger partial charge in [-0.15, -0.1) is 0 Å². The topological polar surface area (TPSA) is 74.3 Å². The third-order valence-corrected chi connectivity index (χ3v) is 3.85. The number of pyridine rings is 1. The number of rotatable bonds is 2. The molecule has 0 bridgehead atoms. The SMILES string of the molecule is O=C1CCC(c2ccnc(N3CCNCC3)c2)C(=O)N1. The van der Waals surface area contributed by atoms with Gasteiger partial charge in [0, 0.05) is 38.8 Å². The highest BCUT2D eigenvalue weighted by Crippen LogP contribution is 2.26. The van der Waals surface area contributed by atoms with Crippen molar-refractivity contribution in [3.05, 3.63) is 23.9 Å². The van der Waals surface area contributed by atoms with Gasteiger partial charge in [0.15, 0.2) is 0 Å². The van der Waals surface area contributed by atoms with Gasteiger partial charge in [0.25, 0.3) is 0 Å². The highest BCUT2D eigenvalue weighted by Gasteiger charge is 2.28. The number of nitrogens with one attached hydrogen (secondary N) is 2. The summed E-state index contributed by atoms with van der Waals surface area (Å²) in [5, 5.41) is 5.71. The van der Waals surface area contributed by atoms with E-state index in [4.69, 9.17) is 0 Å². The van der Waals surface area contributed by atoms with Crippen LogP contribution in [0.1, 0.15) is 24.3 Å². The van der Waals surface area contributed by atoms with Crippen LogP contribution < -0.4 is 15.5 Å². The molecule has 3 rings (SSSR count). The van der Waals surface area contributed by atoms with Gasteiger partial charge < -0.3 is 10.2 Å². The van der Waals surface area contributed by atoms with Gasteiger partial charge in [-0.25, -0.2) is 4.98 Å². The molecule has 2 saturated heterocycles. The summed E-state index contributed by atoms with van der Waals surface area (Å²) in [6.07, 6.45) is 2.73. The van der Waals surface area contributed by atoms with Crippen molar-refractivity contribution in [3.8, 4) is 0 Å². The molecule has 20 heavy (non-hydrogen) atoms. The molecule has 1 atom stereocenters. The molecule has 1 aromatic heterocycles. The molecule has 2 N–H and O–H groups in total. The second-order valence-corrected chi connectivity index (χ2v) is 5.19. The van der Waals surface area contributed by atoms with Crippen LogP contribution in [0.3, 0.4) is 0 Å². The molecule has 0 spiro atoms. The van der Waals surface area contributed by atoms with Crippen molar-refractivity contribution in [1.29, 1.82) is 0 Å². The van der Waals surface area contributed by atoms with Crippen molar-refractivity contribution < 1.29 is 9.59 Å². The number of nitrogens with zero attached hydrogens (tertiary/aromatic N) is 2. The van der Waals surface area contributed by atoms with Gasteiger partial charge in [-0.3, -0.25) is 14.9 Å². The van der Waals surface area contributed by atoms with Crippen molar-refractivity contribution in [1.82, 2.24) is 15.6 Å². The third kappa shape index (κ3) is 2.65. The number of anilines is 1. The predicted molar refractivity (Wildman–Crippen MR) is 74.4 cm³/mol. The first-order valence-corrected chi connectivity index (χ1v) is 6.99. The molecular formula is C14H18N4O2. The molecule has 2 amide bonds. The zero-order chi connectivity index (χ0) is 13.9. The van der Waals surface area contributed by atoms with Crippen LogP contribution in [0.5, 0.6) is 0 Å². The van der Waals surface area contributed by atoms with Crippen molar-refractivity contribution in [2.75, 3.05) is 31.1 Å². The van der Waals surface area contributed by atoms with Gasteiger partial charge in [0.05, 0.1) is 5.92 Å². The minimum absolute atomic E-state index is 0.178. The number of carbonyl (C=O) groups excluding carboxylic acids is 2. The summed E-state index contributed by atoms with van der Waals surface area (Å²) >= 11 is 0. The second-order valence-electron chi connectivity index (χ2n) is 5.19. The summed E-state index contributed by atoms with van der Waals surface area (Å²) < 4.78 is 0. The Kier molecular flexibility index (Phi) is 3.64. The molecule has 0 saturated carbocycles. The largest absolute Gasteiger partial charge is 0.354 e. The predicted octanol–water partition coefficient (Wildman–Crippen LogP) is 0.0114. The summed E-state index contributed by atoms with van der Waals surface area (Å²) in [6, 6.07) is 3.84. The minimum atomic E-state index is -0.239. The molecule has 6 nitrogen and oxygen atoms in total. The van der Waals surface area contributed by atoms with Crippen LogP contribution >= 0.6 is 0 Å². The van der Waals surface area contributed by atoms with E-state index in [0.29, 0.717) is 12.8 Å². The number of piperidine rings is 1. The molecule has 1 aromatic rings. The standard InChI is InChI=1S/C14H18N4O2/c19-13-2-1-11(14(20)17-13)10-3-4-16-12(9-10)18-7-5-15-6-8-18/h3-4,9,11,15H,1-2,5-8H2,(H,17,19,20). The molecule has 0 radical (unpaired) electrons. The lowest BCUT2D eigenvalue weighted by Gasteiger charge is -2.29. The van der Waals surface area contributed by atoms with Crippen LogP contribution in [-0.4, -0.2) is 43.0 Å². The second kappa shape index (κ2) is 5.58. The molecule has 2 aliphatic rings. The first-order chi connectivity index (χ1) is 9.74. The fourth-order valence-electron chi connectivity index (χ4n) is 2.73. The molecule has 0 aromatic carbocycles. The summed E-state index contributed by atoms with van der Waals surface area (Å²) in [7, 11) is 0. The van der Waals surface area contributed by atoms with Crippen LogP contribution in [0.4, 0.5) is 5.82 Å². The normalized spacial score (nSPS) is 23.6. The maximum atomic E-state index is 11.9. The van der Waals surface area contributed by atoms with E-state index in [9.17, 15) is 9.59 Å². The Morgan fingerprint density at radius 2 is 2.05 bits per heavy atom. The molecular weight excluding hydrogens is 256 g/mol. The zero-order valence-electron chi connectivity index (χ0n) is 11.3. The number of amides is 2. The minimum Gasteiger partial charge on any atom is -0.354 e. The summed E-state index contributed by atoms with van der Waals surface area (Å²) in [6.45, 7) is 3.74. The Morgan fingerprint density at radius 3 is 2.80 bits per heavy atom. The van der Waals surface area contributed by atoms with E-state index in [1.54, 1.807) is 6.20 Å². The molecule has 0 aliphatic carbocycles.